The van der Waals surface area contributed by atoms with Gasteiger partial charge in [-0.3, -0.25) is 13.9 Å². The van der Waals surface area contributed by atoms with Crippen molar-refractivity contribution in [2.75, 3.05) is 5.73 Å². The maximum absolute atomic E-state index is 13.9. The summed E-state index contributed by atoms with van der Waals surface area (Å²) in [5.74, 6) is 1.62. The molecule has 10 heteroatoms. The standard InChI is InChI=1S/C30H29N7O3/c31-17-20(16-19-6-7-19)29(38)35-21-8-10-23(11-9-21)37-28-26(27(32)33-18-34-28)36(30(37)39)22-12-14-25(15-13-22)40-24-4-2-1-3-5-24/h1-5,12-16,18-19,21,23H,6-11H2,(H,35,38)(H2,32,33,34)/b20-16+. The van der Waals surface area contributed by atoms with Crippen LogP contribution in [0.25, 0.3) is 16.9 Å². The number of anilines is 1. The summed E-state index contributed by atoms with van der Waals surface area (Å²) in [7, 11) is 0. The Morgan fingerprint density at radius 2 is 1.70 bits per heavy atom. The number of imidazole rings is 1. The number of nitrogens with zero attached hydrogens (tertiary/aromatic N) is 5. The molecule has 0 aliphatic heterocycles. The first kappa shape index (κ1) is 25.4. The van der Waals surface area contributed by atoms with Crippen LogP contribution in [0.15, 0.2) is 77.4 Å². The van der Waals surface area contributed by atoms with E-state index < -0.39 is 0 Å². The van der Waals surface area contributed by atoms with E-state index in [1.54, 1.807) is 27.3 Å². The van der Waals surface area contributed by atoms with Crippen molar-refractivity contribution in [3.63, 3.8) is 0 Å². The van der Waals surface area contributed by atoms with Crippen LogP contribution in [0.3, 0.4) is 0 Å². The molecule has 2 heterocycles. The molecule has 0 saturated heterocycles. The van der Waals surface area contributed by atoms with Gasteiger partial charge in [0.1, 0.15) is 35.0 Å². The van der Waals surface area contributed by atoms with E-state index in [0.717, 1.165) is 18.6 Å². The Labute approximate surface area is 230 Å². The highest BCUT2D eigenvalue weighted by Crippen LogP contribution is 2.33. The zero-order valence-electron chi connectivity index (χ0n) is 21.9. The lowest BCUT2D eigenvalue weighted by atomic mass is 9.90. The Hall–Kier alpha value is -4.91. The van der Waals surface area contributed by atoms with Crippen LogP contribution in [0.1, 0.15) is 44.6 Å². The summed E-state index contributed by atoms with van der Waals surface area (Å²) >= 11 is 0. The van der Waals surface area contributed by atoms with Gasteiger partial charge in [-0.15, -0.1) is 0 Å². The number of fused-ring (bicyclic) bond motifs is 1. The van der Waals surface area contributed by atoms with E-state index in [4.69, 9.17) is 10.5 Å². The minimum absolute atomic E-state index is 0.0550. The average Bonchev–Trinajstić information content (AvgIpc) is 3.74. The number of carbonyl (C=O) groups is 1. The minimum atomic E-state index is -0.313. The zero-order valence-corrected chi connectivity index (χ0v) is 21.9. The molecule has 4 aromatic rings. The monoisotopic (exact) mass is 535 g/mol. The Morgan fingerprint density at radius 3 is 2.38 bits per heavy atom. The molecule has 2 aromatic carbocycles. The van der Waals surface area contributed by atoms with Gasteiger partial charge in [-0.05, 0) is 80.8 Å². The second kappa shape index (κ2) is 10.7. The second-order valence-electron chi connectivity index (χ2n) is 10.3. The highest BCUT2D eigenvalue weighted by atomic mass is 16.5. The predicted octanol–water partition coefficient (Wildman–Crippen LogP) is 4.42. The first-order chi connectivity index (χ1) is 19.5. The van der Waals surface area contributed by atoms with Gasteiger partial charge < -0.3 is 15.8 Å². The molecule has 202 valence electrons. The van der Waals surface area contributed by atoms with E-state index >= 15 is 0 Å². The van der Waals surface area contributed by atoms with Crippen LogP contribution in [0.2, 0.25) is 0 Å². The lowest BCUT2D eigenvalue weighted by molar-refractivity contribution is -0.118. The summed E-state index contributed by atoms with van der Waals surface area (Å²) in [5, 5.41) is 12.4. The number of hydrogen-bond donors (Lipinski definition) is 2. The molecule has 0 spiro atoms. The zero-order chi connectivity index (χ0) is 27.6. The number of nitriles is 1. The molecular weight excluding hydrogens is 506 g/mol. The van der Waals surface area contributed by atoms with Crippen molar-refractivity contribution in [2.24, 2.45) is 5.92 Å². The van der Waals surface area contributed by atoms with E-state index in [1.807, 2.05) is 48.5 Å². The van der Waals surface area contributed by atoms with Gasteiger partial charge in [-0.2, -0.15) is 5.26 Å². The van der Waals surface area contributed by atoms with Crippen molar-refractivity contribution in [2.45, 2.75) is 50.6 Å². The summed E-state index contributed by atoms with van der Waals surface area (Å²) in [6, 6.07) is 18.6. The summed E-state index contributed by atoms with van der Waals surface area (Å²) in [5.41, 5.74) is 7.78. The normalized spacial score (nSPS) is 19.2. The Balaban J connectivity index is 1.23. The average molecular weight is 536 g/mol. The van der Waals surface area contributed by atoms with E-state index in [-0.39, 0.29) is 35.1 Å². The number of hydrogen-bond acceptors (Lipinski definition) is 7. The third-order valence-corrected chi connectivity index (χ3v) is 7.54. The molecular formula is C30H29N7O3. The number of ether oxygens (including phenoxy) is 1. The highest BCUT2D eigenvalue weighted by molar-refractivity contribution is 5.97. The summed E-state index contributed by atoms with van der Waals surface area (Å²) < 4.78 is 9.15. The van der Waals surface area contributed by atoms with E-state index in [0.29, 0.717) is 54.2 Å². The van der Waals surface area contributed by atoms with Crippen LogP contribution < -0.4 is 21.5 Å². The van der Waals surface area contributed by atoms with Crippen LogP contribution in [0.5, 0.6) is 11.5 Å². The molecule has 40 heavy (non-hydrogen) atoms. The van der Waals surface area contributed by atoms with Crippen molar-refractivity contribution < 1.29 is 9.53 Å². The number of aromatic nitrogens is 4. The van der Waals surface area contributed by atoms with Gasteiger partial charge >= 0.3 is 5.69 Å². The first-order valence-electron chi connectivity index (χ1n) is 13.5. The fourth-order valence-electron chi connectivity index (χ4n) is 5.33. The maximum Gasteiger partial charge on any atom is 0.335 e. The molecule has 2 aromatic heterocycles. The number of para-hydroxylation sites is 1. The predicted molar refractivity (Wildman–Crippen MR) is 150 cm³/mol. The van der Waals surface area contributed by atoms with Gasteiger partial charge in [0.15, 0.2) is 11.5 Å². The third-order valence-electron chi connectivity index (χ3n) is 7.54. The topological polar surface area (TPSA) is 141 Å². The smallest absolute Gasteiger partial charge is 0.335 e. The number of nitrogen functional groups attached to an aromatic ring is 1. The number of nitrogens with two attached hydrogens (primary N) is 1. The van der Waals surface area contributed by atoms with Gasteiger partial charge in [-0.25, -0.2) is 14.8 Å². The third kappa shape index (κ3) is 5.06. The van der Waals surface area contributed by atoms with Crippen molar-refractivity contribution in [1.82, 2.24) is 24.4 Å². The number of allylic oxidation sites excluding steroid dienone is 1. The number of carbonyl (C=O) groups excluding carboxylic acids is 1. The van der Waals surface area contributed by atoms with E-state index in [1.165, 1.54) is 6.33 Å². The molecule has 2 aliphatic rings. The number of nitrogens with one attached hydrogen (secondary N) is 1. The van der Waals surface area contributed by atoms with E-state index in [2.05, 4.69) is 15.3 Å². The lowest BCUT2D eigenvalue weighted by Gasteiger charge is -2.29. The fourth-order valence-corrected chi connectivity index (χ4v) is 5.33. The molecule has 0 radical (unpaired) electrons. The molecule has 1 amide bonds. The summed E-state index contributed by atoms with van der Waals surface area (Å²) in [6.07, 6.45) is 7.93. The molecule has 3 N–H and O–H groups in total. The Kier molecular flexibility index (Phi) is 6.78. The van der Waals surface area contributed by atoms with E-state index in [9.17, 15) is 14.9 Å². The van der Waals surface area contributed by atoms with Crippen LogP contribution in [-0.4, -0.2) is 31.1 Å². The van der Waals surface area contributed by atoms with Gasteiger partial charge in [0.25, 0.3) is 5.91 Å². The fraction of sp³-hybridized carbons (Fsp3) is 0.300. The minimum Gasteiger partial charge on any atom is -0.457 e. The summed E-state index contributed by atoms with van der Waals surface area (Å²) in [6.45, 7) is 0. The highest BCUT2D eigenvalue weighted by Gasteiger charge is 2.30. The van der Waals surface area contributed by atoms with Crippen LogP contribution >= 0.6 is 0 Å². The van der Waals surface area contributed by atoms with Gasteiger partial charge in [-0.1, -0.05) is 24.3 Å². The molecule has 0 unspecified atom stereocenters. The number of rotatable bonds is 7. The van der Waals surface area contributed by atoms with Crippen LogP contribution in [0.4, 0.5) is 5.82 Å². The molecule has 2 aliphatic carbocycles. The lowest BCUT2D eigenvalue weighted by Crippen LogP contribution is -2.39. The molecule has 0 bridgehead atoms. The quantitative estimate of drug-likeness (QED) is 0.264. The molecule has 2 saturated carbocycles. The van der Waals surface area contributed by atoms with Crippen LogP contribution in [-0.2, 0) is 4.79 Å². The SMILES string of the molecule is N#C/C(=C\C1CC1)C(=O)NC1CCC(n2c(=O)n(-c3ccc(Oc4ccccc4)cc3)c3c(N)ncnc32)CC1. The molecule has 0 atom stereocenters. The van der Waals surface area contributed by atoms with Gasteiger partial charge in [0, 0.05) is 12.1 Å². The summed E-state index contributed by atoms with van der Waals surface area (Å²) in [4.78, 5) is 35.1. The van der Waals surface area contributed by atoms with Crippen molar-refractivity contribution in [3.05, 3.63) is 83.1 Å². The Bertz CT molecular complexity index is 1670. The molecule has 10 nitrogen and oxygen atoms in total. The Morgan fingerprint density at radius 1 is 1.00 bits per heavy atom. The van der Waals surface area contributed by atoms with Crippen molar-refractivity contribution >= 4 is 22.9 Å². The number of benzene rings is 2. The molecule has 6 rings (SSSR count). The largest absolute Gasteiger partial charge is 0.457 e. The maximum atomic E-state index is 13.9. The van der Waals surface area contributed by atoms with Crippen molar-refractivity contribution in [3.8, 4) is 23.3 Å². The second-order valence-corrected chi connectivity index (χ2v) is 10.3. The molecule has 2 fully saturated rings. The van der Waals surface area contributed by atoms with Gasteiger partial charge in [0.2, 0.25) is 0 Å². The first-order valence-corrected chi connectivity index (χ1v) is 13.5. The van der Waals surface area contributed by atoms with Gasteiger partial charge in [0.05, 0.1) is 5.69 Å². The van der Waals surface area contributed by atoms with Crippen LogP contribution in [0, 0.1) is 17.2 Å². The van der Waals surface area contributed by atoms with Crippen molar-refractivity contribution in [1.29, 1.82) is 5.26 Å². The number of amides is 1.